The molecule has 0 aliphatic carbocycles. The normalized spacial score (nSPS) is 18.3. The number of carbonyl (C=O) groups excluding carboxylic acids is 1. The van der Waals surface area contributed by atoms with Gasteiger partial charge in [0.1, 0.15) is 6.04 Å². The van der Waals surface area contributed by atoms with E-state index in [0.29, 0.717) is 25.3 Å². The van der Waals surface area contributed by atoms with Gasteiger partial charge in [-0.2, -0.15) is 11.8 Å². The zero-order valence-corrected chi connectivity index (χ0v) is 12.8. The number of aromatic nitrogens is 1. The van der Waals surface area contributed by atoms with Crippen LogP contribution in [-0.4, -0.2) is 69.6 Å². The van der Waals surface area contributed by atoms with Gasteiger partial charge in [0.2, 0.25) is 0 Å². The van der Waals surface area contributed by atoms with E-state index in [9.17, 15) is 14.7 Å². The highest BCUT2D eigenvalue weighted by atomic mass is 32.2. The predicted octanol–water partition coefficient (Wildman–Crippen LogP) is 1.18. The third-order valence-corrected chi connectivity index (χ3v) is 4.44. The summed E-state index contributed by atoms with van der Waals surface area (Å²) in [6.07, 6.45) is 2.38. The SMILES string of the molecule is CN(CCc1ccccn1)C(=O)N1CCSCC1C(=O)O. The molecule has 0 radical (unpaired) electrons. The van der Waals surface area contributed by atoms with E-state index in [1.165, 1.54) is 4.90 Å². The molecule has 1 fully saturated rings. The number of urea groups is 1. The van der Waals surface area contributed by atoms with Crippen molar-refractivity contribution in [1.82, 2.24) is 14.8 Å². The van der Waals surface area contributed by atoms with E-state index in [2.05, 4.69) is 4.98 Å². The van der Waals surface area contributed by atoms with E-state index in [-0.39, 0.29) is 6.03 Å². The largest absolute Gasteiger partial charge is 0.480 e. The minimum absolute atomic E-state index is 0.223. The average Bonchev–Trinajstić information content (AvgIpc) is 2.52. The highest BCUT2D eigenvalue weighted by molar-refractivity contribution is 7.99. The lowest BCUT2D eigenvalue weighted by Gasteiger charge is -2.35. The van der Waals surface area contributed by atoms with Crippen LogP contribution in [0.5, 0.6) is 0 Å². The van der Waals surface area contributed by atoms with Crippen LogP contribution in [0.3, 0.4) is 0 Å². The summed E-state index contributed by atoms with van der Waals surface area (Å²) in [5, 5.41) is 9.21. The number of nitrogens with zero attached hydrogens (tertiary/aromatic N) is 3. The molecule has 0 spiro atoms. The fourth-order valence-corrected chi connectivity index (χ4v) is 3.22. The lowest BCUT2D eigenvalue weighted by molar-refractivity contribution is -0.141. The molecule has 0 bridgehead atoms. The molecular weight excluding hydrogens is 290 g/mol. The number of hydrogen-bond acceptors (Lipinski definition) is 4. The Hall–Kier alpha value is -1.76. The lowest BCUT2D eigenvalue weighted by atomic mass is 10.2. The second kappa shape index (κ2) is 7.31. The van der Waals surface area contributed by atoms with Crippen LogP contribution in [0.1, 0.15) is 5.69 Å². The molecule has 7 heteroatoms. The van der Waals surface area contributed by atoms with Gasteiger partial charge in [-0.25, -0.2) is 9.59 Å². The molecule has 0 saturated carbocycles. The third kappa shape index (κ3) is 4.10. The van der Waals surface area contributed by atoms with E-state index in [0.717, 1.165) is 11.4 Å². The summed E-state index contributed by atoms with van der Waals surface area (Å²) in [6.45, 7) is 1.00. The number of rotatable bonds is 4. The standard InChI is InChI=1S/C14H19N3O3S/c1-16(7-5-11-4-2-3-6-15-11)14(20)17-8-9-21-10-12(17)13(18)19/h2-4,6,12H,5,7-10H2,1H3,(H,18,19). The Morgan fingerprint density at radius 1 is 1.52 bits per heavy atom. The molecule has 1 atom stereocenters. The summed E-state index contributed by atoms with van der Waals surface area (Å²) in [4.78, 5) is 30.9. The number of carboxylic acids is 1. The van der Waals surface area contributed by atoms with E-state index >= 15 is 0 Å². The maximum absolute atomic E-state index is 12.4. The van der Waals surface area contributed by atoms with Crippen LogP contribution in [0.15, 0.2) is 24.4 Å². The Labute approximate surface area is 128 Å². The first-order valence-corrected chi connectivity index (χ1v) is 7.97. The molecule has 1 aliphatic rings. The van der Waals surface area contributed by atoms with Crippen molar-refractivity contribution in [2.24, 2.45) is 0 Å². The van der Waals surface area contributed by atoms with Crippen molar-refractivity contribution in [1.29, 1.82) is 0 Å². The molecule has 1 aromatic rings. The number of pyridine rings is 1. The molecule has 1 N–H and O–H groups in total. The Morgan fingerprint density at radius 3 is 3.00 bits per heavy atom. The molecule has 1 aliphatic heterocycles. The number of thioether (sulfide) groups is 1. The lowest BCUT2D eigenvalue weighted by Crippen LogP contribution is -2.54. The van der Waals surface area contributed by atoms with Crippen molar-refractivity contribution in [2.45, 2.75) is 12.5 Å². The van der Waals surface area contributed by atoms with Crippen molar-refractivity contribution in [3.63, 3.8) is 0 Å². The zero-order valence-electron chi connectivity index (χ0n) is 11.9. The fourth-order valence-electron chi connectivity index (χ4n) is 2.18. The first-order valence-electron chi connectivity index (χ1n) is 6.82. The molecule has 114 valence electrons. The molecule has 2 rings (SSSR count). The molecule has 2 amide bonds. The van der Waals surface area contributed by atoms with Crippen LogP contribution < -0.4 is 0 Å². The summed E-state index contributed by atoms with van der Waals surface area (Å²) in [5.41, 5.74) is 0.918. The maximum Gasteiger partial charge on any atom is 0.327 e. The summed E-state index contributed by atoms with van der Waals surface area (Å²) < 4.78 is 0. The van der Waals surface area contributed by atoms with Crippen molar-refractivity contribution in [3.05, 3.63) is 30.1 Å². The van der Waals surface area contributed by atoms with Crippen LogP contribution in [0.2, 0.25) is 0 Å². The van der Waals surface area contributed by atoms with Crippen molar-refractivity contribution >= 4 is 23.8 Å². The van der Waals surface area contributed by atoms with Crippen molar-refractivity contribution < 1.29 is 14.7 Å². The monoisotopic (exact) mass is 309 g/mol. The summed E-state index contributed by atoms with van der Waals surface area (Å²) in [6, 6.07) is 4.72. The first-order chi connectivity index (χ1) is 10.1. The van der Waals surface area contributed by atoms with Gasteiger partial charge < -0.3 is 14.9 Å². The fraction of sp³-hybridized carbons (Fsp3) is 0.500. The number of amides is 2. The van der Waals surface area contributed by atoms with Gasteiger partial charge in [-0.05, 0) is 12.1 Å². The minimum Gasteiger partial charge on any atom is -0.480 e. The van der Waals surface area contributed by atoms with Gasteiger partial charge in [-0.3, -0.25) is 4.98 Å². The number of hydrogen-bond donors (Lipinski definition) is 1. The second-order valence-electron chi connectivity index (χ2n) is 4.90. The van der Waals surface area contributed by atoms with E-state index in [1.54, 1.807) is 29.9 Å². The number of carbonyl (C=O) groups is 2. The number of aliphatic carboxylic acids is 1. The van der Waals surface area contributed by atoms with Crippen LogP contribution >= 0.6 is 11.8 Å². The van der Waals surface area contributed by atoms with Gasteiger partial charge in [0.05, 0.1) is 0 Å². The van der Waals surface area contributed by atoms with Gasteiger partial charge in [0.15, 0.2) is 0 Å². The minimum atomic E-state index is -0.936. The Morgan fingerprint density at radius 2 is 2.33 bits per heavy atom. The van der Waals surface area contributed by atoms with Gasteiger partial charge >= 0.3 is 12.0 Å². The Balaban J connectivity index is 1.93. The summed E-state index contributed by atoms with van der Waals surface area (Å²) in [7, 11) is 1.70. The highest BCUT2D eigenvalue weighted by Gasteiger charge is 2.33. The van der Waals surface area contributed by atoms with Crippen LogP contribution in [0.25, 0.3) is 0 Å². The Kier molecular flexibility index (Phi) is 5.44. The van der Waals surface area contributed by atoms with Gasteiger partial charge in [0, 0.05) is 50.0 Å². The average molecular weight is 309 g/mol. The summed E-state index contributed by atoms with van der Waals surface area (Å²) >= 11 is 1.57. The second-order valence-corrected chi connectivity index (χ2v) is 6.05. The van der Waals surface area contributed by atoms with Gasteiger partial charge in [-0.1, -0.05) is 6.07 Å². The van der Waals surface area contributed by atoms with Crippen molar-refractivity contribution in [2.75, 3.05) is 31.6 Å². The highest BCUT2D eigenvalue weighted by Crippen LogP contribution is 2.18. The zero-order chi connectivity index (χ0) is 15.2. The molecule has 2 heterocycles. The number of carboxylic acid groups (broad SMARTS) is 1. The molecule has 0 aromatic carbocycles. The third-order valence-electron chi connectivity index (χ3n) is 3.42. The smallest absolute Gasteiger partial charge is 0.327 e. The molecule has 6 nitrogen and oxygen atoms in total. The Bertz CT molecular complexity index is 497. The van der Waals surface area contributed by atoms with Crippen molar-refractivity contribution in [3.8, 4) is 0 Å². The topological polar surface area (TPSA) is 73.7 Å². The van der Waals surface area contributed by atoms with Crippen LogP contribution in [-0.2, 0) is 11.2 Å². The molecular formula is C14H19N3O3S. The van der Waals surface area contributed by atoms with Gasteiger partial charge in [0.25, 0.3) is 0 Å². The van der Waals surface area contributed by atoms with E-state index < -0.39 is 12.0 Å². The predicted molar refractivity (Wildman–Crippen MR) is 81.4 cm³/mol. The molecule has 21 heavy (non-hydrogen) atoms. The van der Waals surface area contributed by atoms with Crippen LogP contribution in [0.4, 0.5) is 4.79 Å². The maximum atomic E-state index is 12.4. The van der Waals surface area contributed by atoms with Gasteiger partial charge in [-0.15, -0.1) is 0 Å². The molecule has 1 unspecified atom stereocenters. The van der Waals surface area contributed by atoms with Crippen LogP contribution in [0, 0.1) is 0 Å². The van der Waals surface area contributed by atoms with E-state index in [4.69, 9.17) is 0 Å². The first kappa shape index (κ1) is 15.6. The molecule has 1 aromatic heterocycles. The van der Waals surface area contributed by atoms with E-state index in [1.807, 2.05) is 18.2 Å². The molecule has 1 saturated heterocycles. The quantitative estimate of drug-likeness (QED) is 0.904. The number of likely N-dealkylation sites (N-methyl/N-ethyl adjacent to an activating group) is 1. The summed E-state index contributed by atoms with van der Waals surface area (Å²) in [5.74, 6) is 0.298.